The van der Waals surface area contributed by atoms with E-state index < -0.39 is 0 Å². The van der Waals surface area contributed by atoms with Gasteiger partial charge in [0.2, 0.25) is 5.91 Å². The molecule has 2 saturated heterocycles. The third-order valence-corrected chi connectivity index (χ3v) is 3.49. The smallest absolute Gasteiger partial charge is 0.225 e. The number of hydrogen-bond acceptors (Lipinski definition) is 2. The summed E-state index contributed by atoms with van der Waals surface area (Å²) < 4.78 is 5.63. The van der Waals surface area contributed by atoms with Crippen LogP contribution in [0.4, 0.5) is 0 Å². The topological polar surface area (TPSA) is 29.5 Å². The lowest BCUT2D eigenvalue weighted by atomic mass is 9.96. The van der Waals surface area contributed by atoms with Crippen LogP contribution < -0.4 is 0 Å². The molecule has 1 amide bonds. The zero-order valence-electron chi connectivity index (χ0n) is 9.58. The van der Waals surface area contributed by atoms with Gasteiger partial charge in [-0.25, -0.2) is 0 Å². The zero-order chi connectivity index (χ0) is 10.7. The van der Waals surface area contributed by atoms with Crippen molar-refractivity contribution in [3.63, 3.8) is 0 Å². The molecule has 0 aromatic carbocycles. The van der Waals surface area contributed by atoms with Crippen molar-refractivity contribution in [2.24, 2.45) is 5.92 Å². The molecule has 0 aromatic rings. The molecule has 2 aliphatic heterocycles. The van der Waals surface area contributed by atoms with E-state index in [9.17, 15) is 4.79 Å². The molecule has 2 aliphatic rings. The normalized spacial score (nSPS) is 31.9. The van der Waals surface area contributed by atoms with Crippen LogP contribution in [0, 0.1) is 5.92 Å². The lowest BCUT2D eigenvalue weighted by Crippen LogP contribution is -2.34. The van der Waals surface area contributed by atoms with Crippen molar-refractivity contribution in [2.75, 3.05) is 19.7 Å². The molecule has 0 bridgehead atoms. The molecule has 0 aromatic heterocycles. The first-order valence-corrected chi connectivity index (χ1v) is 6.15. The second kappa shape index (κ2) is 4.97. The second-order valence-corrected chi connectivity index (χ2v) is 4.91. The molecule has 0 saturated carbocycles. The summed E-state index contributed by atoms with van der Waals surface area (Å²) in [6, 6.07) is 0. The Morgan fingerprint density at radius 2 is 2.13 bits per heavy atom. The van der Waals surface area contributed by atoms with Gasteiger partial charge in [-0.05, 0) is 31.6 Å². The molecule has 0 aliphatic carbocycles. The molecule has 2 fully saturated rings. The third kappa shape index (κ3) is 2.94. The largest absolute Gasteiger partial charge is 0.378 e. The van der Waals surface area contributed by atoms with Crippen LogP contribution in [0.15, 0.2) is 0 Å². The molecule has 15 heavy (non-hydrogen) atoms. The molecule has 86 valence electrons. The predicted octanol–water partition coefficient (Wildman–Crippen LogP) is 1.81. The fourth-order valence-corrected chi connectivity index (χ4v) is 2.50. The van der Waals surface area contributed by atoms with E-state index >= 15 is 0 Å². The van der Waals surface area contributed by atoms with Gasteiger partial charge in [-0.1, -0.05) is 6.92 Å². The first-order valence-electron chi connectivity index (χ1n) is 6.15. The summed E-state index contributed by atoms with van der Waals surface area (Å²) in [4.78, 5) is 13.9. The van der Waals surface area contributed by atoms with E-state index in [-0.39, 0.29) is 6.10 Å². The maximum absolute atomic E-state index is 11.9. The molecule has 2 atom stereocenters. The van der Waals surface area contributed by atoms with Crippen LogP contribution in [-0.4, -0.2) is 36.6 Å². The summed E-state index contributed by atoms with van der Waals surface area (Å²) in [5, 5.41) is 0. The SMILES string of the molecule is C[C@@H]1CCOC(CC(=O)N2CCCC2)C1. The van der Waals surface area contributed by atoms with Crippen molar-refractivity contribution in [1.29, 1.82) is 0 Å². The average Bonchev–Trinajstić information content (AvgIpc) is 2.70. The molecule has 0 radical (unpaired) electrons. The molecule has 2 heterocycles. The highest BCUT2D eigenvalue weighted by molar-refractivity contribution is 5.76. The summed E-state index contributed by atoms with van der Waals surface area (Å²) in [6.45, 7) is 5.00. The minimum absolute atomic E-state index is 0.182. The van der Waals surface area contributed by atoms with Crippen molar-refractivity contribution in [1.82, 2.24) is 4.90 Å². The molecule has 3 heteroatoms. The molecule has 1 unspecified atom stereocenters. The predicted molar refractivity (Wildman–Crippen MR) is 58.6 cm³/mol. The minimum Gasteiger partial charge on any atom is -0.378 e. The number of nitrogens with zero attached hydrogens (tertiary/aromatic N) is 1. The Balaban J connectivity index is 1.77. The van der Waals surface area contributed by atoms with Crippen LogP contribution in [0.2, 0.25) is 0 Å². The van der Waals surface area contributed by atoms with Crippen molar-refractivity contribution in [3.05, 3.63) is 0 Å². The van der Waals surface area contributed by atoms with E-state index in [0.29, 0.717) is 12.3 Å². The Morgan fingerprint density at radius 1 is 1.40 bits per heavy atom. The van der Waals surface area contributed by atoms with Gasteiger partial charge in [-0.2, -0.15) is 0 Å². The third-order valence-electron chi connectivity index (χ3n) is 3.49. The van der Waals surface area contributed by atoms with Gasteiger partial charge in [0.05, 0.1) is 12.5 Å². The maximum atomic E-state index is 11.9. The van der Waals surface area contributed by atoms with Gasteiger partial charge in [0.15, 0.2) is 0 Å². The Bertz CT molecular complexity index is 224. The fourth-order valence-electron chi connectivity index (χ4n) is 2.50. The number of ether oxygens (including phenoxy) is 1. The summed E-state index contributed by atoms with van der Waals surface area (Å²) >= 11 is 0. The summed E-state index contributed by atoms with van der Waals surface area (Å²) in [5.41, 5.74) is 0. The molecular formula is C12H21NO2. The first-order chi connectivity index (χ1) is 7.25. The highest BCUT2D eigenvalue weighted by atomic mass is 16.5. The Kier molecular flexibility index (Phi) is 3.62. The molecule has 0 spiro atoms. The van der Waals surface area contributed by atoms with Gasteiger partial charge in [0.25, 0.3) is 0 Å². The fraction of sp³-hybridized carbons (Fsp3) is 0.917. The number of likely N-dealkylation sites (tertiary alicyclic amines) is 1. The van der Waals surface area contributed by atoms with E-state index in [1.54, 1.807) is 0 Å². The van der Waals surface area contributed by atoms with Crippen LogP contribution in [-0.2, 0) is 9.53 Å². The number of rotatable bonds is 2. The van der Waals surface area contributed by atoms with Crippen molar-refractivity contribution < 1.29 is 9.53 Å². The van der Waals surface area contributed by atoms with Crippen LogP contribution in [0.5, 0.6) is 0 Å². The average molecular weight is 211 g/mol. The van der Waals surface area contributed by atoms with E-state index in [2.05, 4.69) is 6.92 Å². The van der Waals surface area contributed by atoms with Crippen molar-refractivity contribution in [3.8, 4) is 0 Å². The number of hydrogen-bond donors (Lipinski definition) is 0. The number of carbonyl (C=O) groups is 1. The molecule has 0 N–H and O–H groups in total. The number of amides is 1. The Hall–Kier alpha value is -0.570. The van der Waals surface area contributed by atoms with Crippen LogP contribution in [0.1, 0.15) is 39.0 Å². The monoisotopic (exact) mass is 211 g/mol. The van der Waals surface area contributed by atoms with Crippen LogP contribution in [0.3, 0.4) is 0 Å². The van der Waals surface area contributed by atoms with Crippen molar-refractivity contribution in [2.45, 2.75) is 45.1 Å². The van der Waals surface area contributed by atoms with E-state index in [1.165, 1.54) is 12.8 Å². The van der Waals surface area contributed by atoms with Gasteiger partial charge < -0.3 is 9.64 Å². The summed E-state index contributed by atoms with van der Waals surface area (Å²) in [6.07, 6.45) is 5.33. The summed E-state index contributed by atoms with van der Waals surface area (Å²) in [7, 11) is 0. The highest BCUT2D eigenvalue weighted by Gasteiger charge is 2.25. The van der Waals surface area contributed by atoms with Gasteiger partial charge in [0, 0.05) is 19.7 Å². The Morgan fingerprint density at radius 3 is 2.80 bits per heavy atom. The van der Waals surface area contributed by atoms with Crippen LogP contribution in [0.25, 0.3) is 0 Å². The van der Waals surface area contributed by atoms with Gasteiger partial charge >= 0.3 is 0 Å². The maximum Gasteiger partial charge on any atom is 0.225 e. The van der Waals surface area contributed by atoms with Crippen molar-refractivity contribution >= 4 is 5.91 Å². The second-order valence-electron chi connectivity index (χ2n) is 4.91. The number of carbonyl (C=O) groups excluding carboxylic acids is 1. The summed E-state index contributed by atoms with van der Waals surface area (Å²) in [5.74, 6) is 1.02. The van der Waals surface area contributed by atoms with Gasteiger partial charge in [-0.15, -0.1) is 0 Å². The molecule has 2 rings (SSSR count). The Labute approximate surface area is 91.8 Å². The standard InChI is InChI=1S/C12H21NO2/c1-10-4-7-15-11(8-10)9-12(14)13-5-2-3-6-13/h10-11H,2-9H2,1H3/t10-,11?/m1/s1. The zero-order valence-corrected chi connectivity index (χ0v) is 9.58. The van der Waals surface area contributed by atoms with E-state index in [4.69, 9.17) is 4.74 Å². The lowest BCUT2D eigenvalue weighted by molar-refractivity contribution is -0.134. The lowest BCUT2D eigenvalue weighted by Gasteiger charge is -2.28. The molecule has 3 nitrogen and oxygen atoms in total. The van der Waals surface area contributed by atoms with E-state index in [0.717, 1.165) is 38.5 Å². The van der Waals surface area contributed by atoms with E-state index in [1.807, 2.05) is 4.90 Å². The minimum atomic E-state index is 0.182. The van der Waals surface area contributed by atoms with Gasteiger partial charge in [0.1, 0.15) is 0 Å². The van der Waals surface area contributed by atoms with Gasteiger partial charge in [-0.3, -0.25) is 4.79 Å². The first kappa shape index (κ1) is 10.9. The quantitative estimate of drug-likeness (QED) is 0.697. The highest BCUT2D eigenvalue weighted by Crippen LogP contribution is 2.22. The van der Waals surface area contributed by atoms with Crippen LogP contribution >= 0.6 is 0 Å². The molecular weight excluding hydrogens is 190 g/mol.